The van der Waals surface area contributed by atoms with Gasteiger partial charge in [0.15, 0.2) is 0 Å². The molecule has 2 bridgehead atoms. The summed E-state index contributed by atoms with van der Waals surface area (Å²) in [5.74, 6) is 4.43. The van der Waals surface area contributed by atoms with E-state index in [1.54, 1.807) is 19.3 Å². The maximum Gasteiger partial charge on any atom is -0.0357 e. The zero-order chi connectivity index (χ0) is 7.84. The lowest BCUT2D eigenvalue weighted by Gasteiger charge is -2.27. The maximum absolute atomic E-state index is 2.49. The molecule has 0 saturated heterocycles. The molecule has 4 atom stereocenters. The second-order valence-corrected chi connectivity index (χ2v) is 4.64. The van der Waals surface area contributed by atoms with Crippen LogP contribution in [-0.2, 0) is 0 Å². The van der Waals surface area contributed by atoms with Gasteiger partial charge in [0.25, 0.3) is 0 Å². The summed E-state index contributed by atoms with van der Waals surface area (Å²) < 4.78 is 0. The molecule has 0 heterocycles. The molecule has 0 amide bonds. The van der Waals surface area contributed by atoms with Crippen molar-refractivity contribution >= 4 is 0 Å². The van der Waals surface area contributed by atoms with E-state index in [0.29, 0.717) is 0 Å². The molecule has 2 unspecified atom stereocenters. The summed E-state index contributed by atoms with van der Waals surface area (Å²) in [4.78, 5) is 0. The summed E-state index contributed by atoms with van der Waals surface area (Å²) in [6, 6.07) is 0. The third kappa shape index (κ3) is 1.11. The Morgan fingerprint density at radius 3 is 2.45 bits per heavy atom. The fourth-order valence-electron chi connectivity index (χ4n) is 3.53. The van der Waals surface area contributed by atoms with Gasteiger partial charge in [-0.2, -0.15) is 0 Å². The van der Waals surface area contributed by atoms with E-state index < -0.39 is 0 Å². The van der Waals surface area contributed by atoms with Crippen LogP contribution in [0.2, 0.25) is 0 Å². The van der Waals surface area contributed by atoms with Crippen molar-refractivity contribution in [3.63, 3.8) is 0 Å². The highest BCUT2D eigenvalue weighted by atomic mass is 14.5. The van der Waals surface area contributed by atoms with Crippen LogP contribution in [0.5, 0.6) is 0 Å². The van der Waals surface area contributed by atoms with Gasteiger partial charge in [0, 0.05) is 0 Å². The molecule has 0 nitrogen and oxygen atoms in total. The molecule has 2 rings (SSSR count). The third-order valence-corrected chi connectivity index (χ3v) is 4.16. The summed E-state index contributed by atoms with van der Waals surface area (Å²) >= 11 is 0. The van der Waals surface area contributed by atoms with E-state index in [1.807, 2.05) is 0 Å². The van der Waals surface area contributed by atoms with Gasteiger partial charge in [-0.25, -0.2) is 0 Å². The minimum absolute atomic E-state index is 1.06. The van der Waals surface area contributed by atoms with Crippen molar-refractivity contribution in [3.05, 3.63) is 0 Å². The summed E-state index contributed by atoms with van der Waals surface area (Å²) in [7, 11) is 0. The van der Waals surface area contributed by atoms with Crippen molar-refractivity contribution in [1.29, 1.82) is 0 Å². The van der Waals surface area contributed by atoms with Crippen LogP contribution in [0.1, 0.15) is 46.0 Å². The van der Waals surface area contributed by atoms with Crippen molar-refractivity contribution in [2.45, 2.75) is 46.0 Å². The Hall–Kier alpha value is 0. The van der Waals surface area contributed by atoms with Crippen LogP contribution in [-0.4, -0.2) is 0 Å². The highest BCUT2D eigenvalue weighted by Gasteiger charge is 2.44. The van der Waals surface area contributed by atoms with Gasteiger partial charge in [-0.05, 0) is 42.9 Å². The van der Waals surface area contributed by atoms with Crippen LogP contribution in [0.4, 0.5) is 0 Å². The van der Waals surface area contributed by atoms with Crippen molar-refractivity contribution < 1.29 is 0 Å². The second-order valence-electron chi connectivity index (χ2n) is 4.64. The molecule has 0 aromatic carbocycles. The van der Waals surface area contributed by atoms with Gasteiger partial charge in [0.1, 0.15) is 0 Å². The Kier molecular flexibility index (Phi) is 1.95. The zero-order valence-electron chi connectivity index (χ0n) is 7.84. The summed E-state index contributed by atoms with van der Waals surface area (Å²) in [6.07, 6.45) is 7.58. The van der Waals surface area contributed by atoms with Gasteiger partial charge in [0.2, 0.25) is 0 Å². The predicted octanol–water partition coefficient (Wildman–Crippen LogP) is 3.47. The van der Waals surface area contributed by atoms with Gasteiger partial charge in [-0.3, -0.25) is 0 Å². The van der Waals surface area contributed by atoms with Crippen LogP contribution >= 0.6 is 0 Å². The normalized spacial score (nSPS) is 48.5. The fourth-order valence-corrected chi connectivity index (χ4v) is 3.53. The zero-order valence-corrected chi connectivity index (χ0v) is 7.84. The quantitative estimate of drug-likeness (QED) is 0.568. The van der Waals surface area contributed by atoms with E-state index in [0.717, 1.165) is 23.7 Å². The van der Waals surface area contributed by atoms with Crippen LogP contribution in [0.25, 0.3) is 0 Å². The Morgan fingerprint density at radius 1 is 1.18 bits per heavy atom. The minimum atomic E-state index is 1.06. The Morgan fingerprint density at radius 2 is 1.91 bits per heavy atom. The maximum atomic E-state index is 2.49. The molecule has 2 saturated carbocycles. The molecule has 2 fully saturated rings. The molecule has 2 aliphatic carbocycles. The van der Waals surface area contributed by atoms with E-state index in [4.69, 9.17) is 0 Å². The average molecular weight is 152 g/mol. The number of rotatable bonds is 2. The van der Waals surface area contributed by atoms with Gasteiger partial charge in [-0.15, -0.1) is 0 Å². The number of hydrogen-bond acceptors (Lipinski definition) is 0. The number of hydrogen-bond donors (Lipinski definition) is 0. The minimum Gasteiger partial charge on any atom is -0.0654 e. The molecule has 11 heavy (non-hydrogen) atoms. The first-order valence-electron chi connectivity index (χ1n) is 5.33. The largest absolute Gasteiger partial charge is 0.0654 e. The smallest absolute Gasteiger partial charge is 0.0357 e. The van der Waals surface area contributed by atoms with E-state index in [1.165, 1.54) is 12.8 Å². The second kappa shape index (κ2) is 2.80. The van der Waals surface area contributed by atoms with Crippen molar-refractivity contribution in [2.75, 3.05) is 0 Å². The van der Waals surface area contributed by atoms with Crippen LogP contribution in [0, 0.1) is 23.7 Å². The monoisotopic (exact) mass is 152 g/mol. The SMILES string of the molecule is CCCC1C(C)[C@@H]2CC[C@H]1C2. The van der Waals surface area contributed by atoms with Crippen molar-refractivity contribution in [3.8, 4) is 0 Å². The molecule has 0 spiro atoms. The molecule has 2 aliphatic rings. The van der Waals surface area contributed by atoms with Crippen LogP contribution < -0.4 is 0 Å². The van der Waals surface area contributed by atoms with E-state index in [9.17, 15) is 0 Å². The standard InChI is InChI=1S/C11H20/c1-3-4-11-8(2)9-5-6-10(11)7-9/h8-11H,3-7H2,1-2H3/t8?,9-,10+,11?/m1/s1. The molecule has 0 aromatic heterocycles. The van der Waals surface area contributed by atoms with Crippen molar-refractivity contribution in [1.82, 2.24) is 0 Å². The Balaban J connectivity index is 2.00. The van der Waals surface area contributed by atoms with Crippen LogP contribution in [0.3, 0.4) is 0 Å². The van der Waals surface area contributed by atoms with Gasteiger partial charge in [0.05, 0.1) is 0 Å². The molecular formula is C11H20. The average Bonchev–Trinajstić information content (AvgIpc) is 2.54. The first kappa shape index (κ1) is 7.64. The molecule has 0 heteroatoms. The summed E-state index contributed by atoms with van der Waals surface area (Å²) in [6.45, 7) is 4.82. The molecule has 0 aliphatic heterocycles. The summed E-state index contributed by atoms with van der Waals surface area (Å²) in [5, 5.41) is 0. The topological polar surface area (TPSA) is 0 Å². The molecule has 64 valence electrons. The molecule has 0 aromatic rings. The molecule has 0 radical (unpaired) electrons. The van der Waals surface area contributed by atoms with Gasteiger partial charge < -0.3 is 0 Å². The van der Waals surface area contributed by atoms with Crippen molar-refractivity contribution in [2.24, 2.45) is 23.7 Å². The lowest BCUT2D eigenvalue weighted by atomic mass is 9.78. The van der Waals surface area contributed by atoms with Gasteiger partial charge in [-0.1, -0.05) is 26.7 Å². The van der Waals surface area contributed by atoms with Gasteiger partial charge >= 0.3 is 0 Å². The third-order valence-electron chi connectivity index (χ3n) is 4.16. The Bertz CT molecular complexity index is 137. The molecule has 0 N–H and O–H groups in total. The lowest BCUT2D eigenvalue weighted by Crippen LogP contribution is -2.19. The molecular weight excluding hydrogens is 132 g/mol. The lowest BCUT2D eigenvalue weighted by molar-refractivity contribution is 0.224. The predicted molar refractivity (Wildman–Crippen MR) is 48.4 cm³/mol. The first-order valence-corrected chi connectivity index (χ1v) is 5.33. The van der Waals surface area contributed by atoms with Crippen LogP contribution in [0.15, 0.2) is 0 Å². The van der Waals surface area contributed by atoms with E-state index >= 15 is 0 Å². The highest BCUT2D eigenvalue weighted by molar-refractivity contribution is 4.93. The highest BCUT2D eigenvalue weighted by Crippen LogP contribution is 2.53. The Labute approximate surface area is 70.4 Å². The van der Waals surface area contributed by atoms with E-state index in [-0.39, 0.29) is 0 Å². The fraction of sp³-hybridized carbons (Fsp3) is 1.00. The first-order chi connectivity index (χ1) is 5.33. The van der Waals surface area contributed by atoms with E-state index in [2.05, 4.69) is 13.8 Å². The summed E-state index contributed by atoms with van der Waals surface area (Å²) in [5.41, 5.74) is 0. The number of fused-ring (bicyclic) bond motifs is 2.